The van der Waals surface area contributed by atoms with Crippen LogP contribution in [0.25, 0.3) is 108 Å². The van der Waals surface area contributed by atoms with Crippen molar-refractivity contribution in [3.05, 3.63) is 169 Å². The number of fused-ring (bicyclic) bond motifs is 12. The summed E-state index contributed by atoms with van der Waals surface area (Å²) in [5, 5.41) is 29.1. The van der Waals surface area contributed by atoms with Crippen molar-refractivity contribution in [1.29, 1.82) is 10.5 Å². The SMILES string of the molecule is N#Cc1cccc2c3ccccc3n(-c3ccc4oc5ccc(-c6ccc7sc8ccc(-n9c%10ccccc%10c%10cccc(C#N)c%109)cc8c7c6)cc5c4c3)c12. The molecule has 0 aliphatic rings. The molecule has 0 aliphatic carbocycles. The minimum Gasteiger partial charge on any atom is -0.456 e. The van der Waals surface area contributed by atoms with E-state index in [0.29, 0.717) is 11.1 Å². The topological polar surface area (TPSA) is 70.6 Å². The Balaban J connectivity index is 1.02. The highest BCUT2D eigenvalue weighted by atomic mass is 32.1. The molecule has 0 saturated heterocycles. The van der Waals surface area contributed by atoms with E-state index in [0.717, 1.165) is 88.1 Å². The molecule has 12 aromatic rings. The highest BCUT2D eigenvalue weighted by Gasteiger charge is 2.19. The van der Waals surface area contributed by atoms with Crippen LogP contribution in [-0.2, 0) is 0 Å². The van der Waals surface area contributed by atoms with Gasteiger partial charge in [0.2, 0.25) is 0 Å². The van der Waals surface area contributed by atoms with Gasteiger partial charge in [-0.25, -0.2) is 0 Å². The van der Waals surface area contributed by atoms with Crippen molar-refractivity contribution >= 4 is 97.1 Å². The highest BCUT2D eigenvalue weighted by molar-refractivity contribution is 7.25. The van der Waals surface area contributed by atoms with Gasteiger partial charge in [0.05, 0.1) is 33.2 Å². The second kappa shape index (κ2) is 11.4. The standard InChI is InChI=1S/C50H26N4OS/c51-27-31-7-5-11-37-35-9-1-3-13-43(35)53(49(31)37)33-17-20-46-40(25-33)39-23-29(15-19-45(39)55-46)30-16-21-47-41(24-30)42-26-34(18-22-48(42)56-47)54-44-14-4-2-10-36(44)38-12-6-8-32(28-52)50(38)54/h1-26H. The van der Waals surface area contributed by atoms with Gasteiger partial charge in [0.1, 0.15) is 23.3 Å². The number of thiophene rings is 1. The van der Waals surface area contributed by atoms with Gasteiger partial charge in [-0.2, -0.15) is 10.5 Å². The van der Waals surface area contributed by atoms with E-state index in [1.54, 1.807) is 11.3 Å². The molecule has 0 amide bonds. The molecule has 56 heavy (non-hydrogen) atoms. The predicted octanol–water partition coefficient (Wildman–Crippen LogP) is 13.6. The first-order valence-electron chi connectivity index (χ1n) is 18.5. The molecule has 6 heteroatoms. The molecular weight excluding hydrogens is 705 g/mol. The fraction of sp³-hybridized carbons (Fsp3) is 0. The van der Waals surface area contributed by atoms with Gasteiger partial charge < -0.3 is 13.6 Å². The summed E-state index contributed by atoms with van der Waals surface area (Å²) in [5.41, 5.74) is 11.2. The van der Waals surface area contributed by atoms with Crippen LogP contribution in [0.1, 0.15) is 11.1 Å². The van der Waals surface area contributed by atoms with Crippen molar-refractivity contribution in [3.63, 3.8) is 0 Å². The Kier molecular flexibility index (Phi) is 6.28. The van der Waals surface area contributed by atoms with Crippen LogP contribution in [0.3, 0.4) is 0 Å². The smallest absolute Gasteiger partial charge is 0.135 e. The third-order valence-electron chi connectivity index (χ3n) is 11.4. The largest absolute Gasteiger partial charge is 0.456 e. The van der Waals surface area contributed by atoms with E-state index in [4.69, 9.17) is 4.42 Å². The number of aromatic nitrogens is 2. The highest BCUT2D eigenvalue weighted by Crippen LogP contribution is 2.42. The van der Waals surface area contributed by atoms with Crippen LogP contribution in [0.5, 0.6) is 0 Å². The van der Waals surface area contributed by atoms with Crippen molar-refractivity contribution < 1.29 is 4.42 Å². The maximum Gasteiger partial charge on any atom is 0.135 e. The van der Waals surface area contributed by atoms with Crippen LogP contribution in [0.2, 0.25) is 0 Å². The molecule has 0 saturated carbocycles. The first-order valence-corrected chi connectivity index (χ1v) is 19.3. The molecule has 0 fully saturated rings. The molecule has 0 N–H and O–H groups in total. The number of nitrogens with zero attached hydrogens (tertiary/aromatic N) is 4. The van der Waals surface area contributed by atoms with Crippen molar-refractivity contribution in [2.24, 2.45) is 0 Å². The normalized spacial score (nSPS) is 11.9. The average Bonchev–Trinajstić information content (AvgIpc) is 4.00. The quantitative estimate of drug-likeness (QED) is 0.182. The molecular formula is C50H26N4OS. The van der Waals surface area contributed by atoms with E-state index < -0.39 is 0 Å². The van der Waals surface area contributed by atoms with E-state index in [1.165, 1.54) is 20.2 Å². The summed E-state index contributed by atoms with van der Waals surface area (Å²) in [6.45, 7) is 0. The molecule has 0 radical (unpaired) electrons. The van der Waals surface area contributed by atoms with Crippen molar-refractivity contribution in [3.8, 4) is 34.6 Å². The van der Waals surface area contributed by atoms with Crippen LogP contribution >= 0.6 is 11.3 Å². The van der Waals surface area contributed by atoms with Crippen molar-refractivity contribution in [2.75, 3.05) is 0 Å². The lowest BCUT2D eigenvalue weighted by atomic mass is 10.0. The van der Waals surface area contributed by atoms with Crippen molar-refractivity contribution in [1.82, 2.24) is 9.13 Å². The third kappa shape index (κ3) is 4.22. The summed E-state index contributed by atoms with van der Waals surface area (Å²) < 4.78 is 13.3. The minimum atomic E-state index is 0.642. The number of furan rings is 1. The van der Waals surface area contributed by atoms with Crippen LogP contribution in [-0.4, -0.2) is 9.13 Å². The zero-order valence-electron chi connectivity index (χ0n) is 29.6. The number of hydrogen-bond donors (Lipinski definition) is 0. The fourth-order valence-electron chi connectivity index (χ4n) is 8.92. The van der Waals surface area contributed by atoms with Gasteiger partial charge in [-0.1, -0.05) is 72.8 Å². The van der Waals surface area contributed by atoms with E-state index in [9.17, 15) is 10.5 Å². The number of para-hydroxylation sites is 4. The summed E-state index contributed by atoms with van der Waals surface area (Å²) in [5.74, 6) is 0. The van der Waals surface area contributed by atoms with Crippen LogP contribution in [0.15, 0.2) is 162 Å². The zero-order chi connectivity index (χ0) is 37.1. The molecule has 0 spiro atoms. The second-order valence-corrected chi connectivity index (χ2v) is 15.4. The maximum atomic E-state index is 10.1. The van der Waals surface area contributed by atoms with Gasteiger partial charge in [-0.05, 0) is 96.1 Å². The van der Waals surface area contributed by atoms with Gasteiger partial charge >= 0.3 is 0 Å². The molecule has 0 aliphatic heterocycles. The number of hydrogen-bond acceptors (Lipinski definition) is 4. The number of nitriles is 2. The molecule has 5 nitrogen and oxygen atoms in total. The summed E-state index contributed by atoms with van der Waals surface area (Å²) in [4.78, 5) is 0. The van der Waals surface area contributed by atoms with E-state index in [-0.39, 0.29) is 0 Å². The monoisotopic (exact) mass is 730 g/mol. The summed E-state index contributed by atoms with van der Waals surface area (Å²) >= 11 is 1.80. The van der Waals surface area contributed by atoms with Gasteiger partial charge in [-0.3, -0.25) is 0 Å². The minimum absolute atomic E-state index is 0.642. The lowest BCUT2D eigenvalue weighted by Crippen LogP contribution is -1.95. The lowest BCUT2D eigenvalue weighted by Gasteiger charge is -2.09. The number of benzene rings is 8. The number of rotatable bonds is 3. The van der Waals surface area contributed by atoms with E-state index in [1.807, 2.05) is 42.5 Å². The Labute approximate surface area is 323 Å². The van der Waals surface area contributed by atoms with Crippen LogP contribution in [0, 0.1) is 22.7 Å². The van der Waals surface area contributed by atoms with Crippen LogP contribution < -0.4 is 0 Å². The van der Waals surface area contributed by atoms with Gasteiger partial charge in [-0.15, -0.1) is 11.3 Å². The Morgan fingerprint density at radius 2 is 0.875 bits per heavy atom. The van der Waals surface area contributed by atoms with Gasteiger partial charge in [0, 0.05) is 63.9 Å². The third-order valence-corrected chi connectivity index (χ3v) is 12.5. The van der Waals surface area contributed by atoms with Crippen LogP contribution in [0.4, 0.5) is 0 Å². The Morgan fingerprint density at radius 3 is 1.50 bits per heavy atom. The molecule has 8 aromatic carbocycles. The Morgan fingerprint density at radius 1 is 0.411 bits per heavy atom. The molecule has 0 unspecified atom stereocenters. The summed E-state index contributed by atoms with van der Waals surface area (Å²) in [6.07, 6.45) is 0. The summed E-state index contributed by atoms with van der Waals surface area (Å²) in [6, 6.07) is 59.7. The predicted molar refractivity (Wildman–Crippen MR) is 230 cm³/mol. The molecule has 12 rings (SSSR count). The maximum absolute atomic E-state index is 10.1. The molecule has 4 heterocycles. The zero-order valence-corrected chi connectivity index (χ0v) is 30.4. The van der Waals surface area contributed by atoms with E-state index >= 15 is 0 Å². The Bertz CT molecular complexity index is 3500. The molecule has 4 aromatic heterocycles. The fourth-order valence-corrected chi connectivity index (χ4v) is 9.99. The molecule has 0 atom stereocenters. The lowest BCUT2D eigenvalue weighted by molar-refractivity contribution is 0.669. The second-order valence-electron chi connectivity index (χ2n) is 14.3. The van der Waals surface area contributed by atoms with Gasteiger partial charge in [0.25, 0.3) is 0 Å². The Hall–Kier alpha value is -7.64. The van der Waals surface area contributed by atoms with Crippen molar-refractivity contribution in [2.45, 2.75) is 0 Å². The first kappa shape index (κ1) is 30.8. The first-order chi connectivity index (χ1) is 27.7. The molecule has 0 bridgehead atoms. The molecule has 258 valence electrons. The van der Waals surface area contributed by atoms with E-state index in [2.05, 4.69) is 137 Å². The van der Waals surface area contributed by atoms with Gasteiger partial charge in [0.15, 0.2) is 0 Å². The average molecular weight is 731 g/mol. The summed E-state index contributed by atoms with van der Waals surface area (Å²) in [7, 11) is 0.